The van der Waals surface area contributed by atoms with Crippen LogP contribution < -0.4 is 5.32 Å². The van der Waals surface area contributed by atoms with E-state index in [0.717, 1.165) is 3.79 Å². The largest absolute Gasteiger partial charge is 0.332 e. The third-order valence-corrected chi connectivity index (χ3v) is 4.52. The molecular weight excluding hydrogens is 376 g/mol. The number of hydrogen-bond acceptors (Lipinski definition) is 3. The summed E-state index contributed by atoms with van der Waals surface area (Å²) in [6.45, 7) is -0.0441. The van der Waals surface area contributed by atoms with E-state index in [1.807, 2.05) is 0 Å². The number of benzene rings is 1. The predicted octanol–water partition coefficient (Wildman–Crippen LogP) is 3.87. The van der Waals surface area contributed by atoms with Gasteiger partial charge in [-0.1, -0.05) is 23.7 Å². The number of nitrogens with zero attached hydrogens (tertiary/aromatic N) is 1. The van der Waals surface area contributed by atoms with E-state index in [-0.39, 0.29) is 18.4 Å². The molecule has 0 aliphatic rings. The zero-order valence-corrected chi connectivity index (χ0v) is 14.3. The number of carbonyl (C=O) groups excluding carboxylic acids is 2. The van der Waals surface area contributed by atoms with E-state index in [9.17, 15) is 9.59 Å². The van der Waals surface area contributed by atoms with E-state index >= 15 is 0 Å². The van der Waals surface area contributed by atoms with Gasteiger partial charge < -0.3 is 10.2 Å². The average molecular weight is 388 g/mol. The van der Waals surface area contributed by atoms with Crippen molar-refractivity contribution in [3.05, 3.63) is 50.1 Å². The van der Waals surface area contributed by atoms with E-state index in [1.165, 1.54) is 16.2 Å². The molecule has 4 nitrogen and oxygen atoms in total. The summed E-state index contributed by atoms with van der Waals surface area (Å²) in [5.74, 6) is -0.500. The zero-order chi connectivity index (χ0) is 15.4. The molecule has 0 saturated heterocycles. The monoisotopic (exact) mass is 386 g/mol. The van der Waals surface area contributed by atoms with Gasteiger partial charge in [0, 0.05) is 12.4 Å². The summed E-state index contributed by atoms with van der Waals surface area (Å²) in [7, 11) is 1.58. The molecule has 0 aliphatic heterocycles. The summed E-state index contributed by atoms with van der Waals surface area (Å²) in [6, 6.07) is 8.68. The summed E-state index contributed by atoms with van der Waals surface area (Å²) < 4.78 is 0.875. The lowest BCUT2D eigenvalue weighted by molar-refractivity contribution is -0.116. The van der Waals surface area contributed by atoms with Gasteiger partial charge in [-0.05, 0) is 34.1 Å². The van der Waals surface area contributed by atoms with Crippen molar-refractivity contribution in [3.63, 3.8) is 0 Å². The normalized spacial score (nSPS) is 10.2. The molecule has 2 rings (SSSR count). The standard InChI is InChI=1S/C14H12BrClN2O2S/c1-18(14(20)9-6-12(15)21-8-9)7-13(19)17-11-5-3-2-4-10(11)16/h2-6,8H,7H2,1H3,(H,17,19). The van der Waals surface area contributed by atoms with E-state index in [0.29, 0.717) is 16.3 Å². The molecule has 1 heterocycles. The van der Waals surface area contributed by atoms with Gasteiger partial charge in [0.25, 0.3) is 5.91 Å². The number of anilines is 1. The molecule has 0 unspecified atom stereocenters. The molecule has 0 bridgehead atoms. The summed E-state index contributed by atoms with van der Waals surface area (Å²) in [5, 5.41) is 4.89. The lowest BCUT2D eigenvalue weighted by Crippen LogP contribution is -2.34. The fraction of sp³-hybridized carbons (Fsp3) is 0.143. The third-order valence-electron chi connectivity index (χ3n) is 2.69. The van der Waals surface area contributed by atoms with Gasteiger partial charge >= 0.3 is 0 Å². The van der Waals surface area contributed by atoms with Crippen LogP contribution in [-0.4, -0.2) is 30.3 Å². The number of para-hydroxylation sites is 1. The Labute approximate surface area is 139 Å². The molecule has 1 N–H and O–H groups in total. The van der Waals surface area contributed by atoms with E-state index in [1.54, 1.807) is 42.8 Å². The summed E-state index contributed by atoms with van der Waals surface area (Å²) in [5.41, 5.74) is 1.09. The minimum Gasteiger partial charge on any atom is -0.332 e. The summed E-state index contributed by atoms with van der Waals surface area (Å²) >= 11 is 10.7. The number of amides is 2. The molecule has 1 aromatic carbocycles. The zero-order valence-electron chi connectivity index (χ0n) is 11.1. The molecule has 110 valence electrons. The maximum absolute atomic E-state index is 12.1. The van der Waals surface area contributed by atoms with Gasteiger partial charge in [-0.15, -0.1) is 11.3 Å². The van der Waals surface area contributed by atoms with Gasteiger partial charge in [-0.25, -0.2) is 0 Å². The van der Waals surface area contributed by atoms with Crippen LogP contribution in [0.3, 0.4) is 0 Å². The molecule has 2 aromatic rings. The van der Waals surface area contributed by atoms with Gasteiger partial charge in [0.05, 0.1) is 26.6 Å². The van der Waals surface area contributed by atoms with Crippen molar-refractivity contribution < 1.29 is 9.59 Å². The number of halogens is 2. The molecule has 0 radical (unpaired) electrons. The highest BCUT2D eigenvalue weighted by molar-refractivity contribution is 9.11. The van der Waals surface area contributed by atoms with E-state index < -0.39 is 0 Å². The van der Waals surface area contributed by atoms with Crippen LogP contribution in [0.5, 0.6) is 0 Å². The van der Waals surface area contributed by atoms with Gasteiger partial charge in [0.15, 0.2) is 0 Å². The van der Waals surface area contributed by atoms with Crippen LogP contribution in [0, 0.1) is 0 Å². The maximum Gasteiger partial charge on any atom is 0.254 e. The van der Waals surface area contributed by atoms with Crippen LogP contribution in [0.2, 0.25) is 5.02 Å². The number of nitrogens with one attached hydrogen (secondary N) is 1. The second-order valence-electron chi connectivity index (χ2n) is 4.33. The Morgan fingerprint density at radius 3 is 2.71 bits per heavy atom. The quantitative estimate of drug-likeness (QED) is 0.865. The first-order valence-electron chi connectivity index (χ1n) is 6.01. The number of carbonyl (C=O) groups is 2. The lowest BCUT2D eigenvalue weighted by Gasteiger charge is -2.16. The van der Waals surface area contributed by atoms with Crippen molar-refractivity contribution in [2.45, 2.75) is 0 Å². The van der Waals surface area contributed by atoms with Crippen LogP contribution in [-0.2, 0) is 4.79 Å². The molecule has 0 fully saturated rings. The van der Waals surface area contributed by atoms with Crippen LogP contribution in [0.25, 0.3) is 0 Å². The van der Waals surface area contributed by atoms with Crippen molar-refractivity contribution in [2.24, 2.45) is 0 Å². The Bertz CT molecular complexity index is 674. The van der Waals surface area contributed by atoms with Crippen LogP contribution >= 0.6 is 38.9 Å². The summed E-state index contributed by atoms with van der Waals surface area (Å²) in [6.07, 6.45) is 0. The minimum absolute atomic E-state index is 0.0441. The second-order valence-corrected chi connectivity index (χ2v) is 7.03. The Morgan fingerprint density at radius 2 is 2.10 bits per heavy atom. The lowest BCUT2D eigenvalue weighted by atomic mass is 10.3. The van der Waals surface area contributed by atoms with Crippen molar-refractivity contribution in [2.75, 3.05) is 18.9 Å². The first-order chi connectivity index (χ1) is 9.97. The van der Waals surface area contributed by atoms with Crippen LogP contribution in [0.15, 0.2) is 39.5 Å². The van der Waals surface area contributed by atoms with Gasteiger partial charge in [0.1, 0.15) is 0 Å². The Balaban J connectivity index is 1.96. The Hall–Kier alpha value is -1.37. The van der Waals surface area contributed by atoms with E-state index in [4.69, 9.17) is 11.6 Å². The van der Waals surface area contributed by atoms with Gasteiger partial charge in [0.2, 0.25) is 5.91 Å². The second kappa shape index (κ2) is 7.06. The number of rotatable bonds is 4. The molecule has 0 spiro atoms. The Morgan fingerprint density at radius 1 is 1.38 bits per heavy atom. The predicted molar refractivity (Wildman–Crippen MR) is 89.1 cm³/mol. The molecule has 7 heteroatoms. The van der Waals surface area contributed by atoms with Gasteiger partial charge in [-0.3, -0.25) is 9.59 Å². The first kappa shape index (κ1) is 16.0. The highest BCUT2D eigenvalue weighted by atomic mass is 79.9. The van der Waals surface area contributed by atoms with Crippen molar-refractivity contribution >= 4 is 56.4 Å². The van der Waals surface area contributed by atoms with Crippen LogP contribution in [0.1, 0.15) is 10.4 Å². The fourth-order valence-corrected chi connectivity index (χ4v) is 3.00. The minimum atomic E-state index is -0.298. The topological polar surface area (TPSA) is 49.4 Å². The molecule has 0 atom stereocenters. The summed E-state index contributed by atoms with van der Waals surface area (Å²) in [4.78, 5) is 25.4. The molecule has 1 aromatic heterocycles. The SMILES string of the molecule is CN(CC(=O)Nc1ccccc1Cl)C(=O)c1csc(Br)c1. The molecule has 2 amide bonds. The van der Waals surface area contributed by atoms with Crippen molar-refractivity contribution in [1.29, 1.82) is 0 Å². The number of likely N-dealkylation sites (N-methyl/N-ethyl adjacent to an activating group) is 1. The fourth-order valence-electron chi connectivity index (χ4n) is 1.68. The molecular formula is C14H12BrClN2O2S. The molecule has 21 heavy (non-hydrogen) atoms. The molecule has 0 aliphatic carbocycles. The molecule has 0 saturated carbocycles. The highest BCUT2D eigenvalue weighted by Gasteiger charge is 2.16. The van der Waals surface area contributed by atoms with Crippen LogP contribution in [0.4, 0.5) is 5.69 Å². The number of thiophene rings is 1. The first-order valence-corrected chi connectivity index (χ1v) is 8.06. The van der Waals surface area contributed by atoms with Crippen molar-refractivity contribution in [1.82, 2.24) is 4.90 Å². The van der Waals surface area contributed by atoms with Crippen molar-refractivity contribution in [3.8, 4) is 0 Å². The maximum atomic E-state index is 12.1. The Kier molecular flexibility index (Phi) is 5.39. The average Bonchev–Trinajstić information content (AvgIpc) is 2.87. The van der Waals surface area contributed by atoms with Gasteiger partial charge in [-0.2, -0.15) is 0 Å². The number of hydrogen-bond donors (Lipinski definition) is 1. The highest BCUT2D eigenvalue weighted by Crippen LogP contribution is 2.22. The van der Waals surface area contributed by atoms with E-state index in [2.05, 4.69) is 21.2 Å². The smallest absolute Gasteiger partial charge is 0.254 e. The third kappa shape index (κ3) is 4.30.